The van der Waals surface area contributed by atoms with E-state index < -0.39 is 74.4 Å². The summed E-state index contributed by atoms with van der Waals surface area (Å²) in [4.78, 5) is 67.1. The minimum absolute atomic E-state index is 0.0398. The molecule has 330 valence electrons. The number of furan rings is 1. The molecule has 18 heteroatoms. The van der Waals surface area contributed by atoms with E-state index in [9.17, 15) is 40.8 Å². The molecule has 1 saturated heterocycles. The fraction of sp³-hybridized carbons (Fsp3) is 0.500. The number of fused-ring (bicyclic) bond motifs is 5. The lowest BCUT2D eigenvalue weighted by Gasteiger charge is -2.30. The van der Waals surface area contributed by atoms with E-state index in [2.05, 4.69) is 25.3 Å². The summed E-state index contributed by atoms with van der Waals surface area (Å²) < 4.78 is 81.2. The van der Waals surface area contributed by atoms with Crippen molar-refractivity contribution in [3.05, 3.63) is 66.2 Å². The number of benzene rings is 2. The number of sulfonamides is 1. The van der Waals surface area contributed by atoms with Crippen molar-refractivity contribution in [1.82, 2.24) is 30.2 Å². The van der Waals surface area contributed by atoms with Crippen LogP contribution in [-0.2, 0) is 35.4 Å². The highest BCUT2D eigenvalue weighted by Gasteiger charge is 2.62. The zero-order valence-corrected chi connectivity index (χ0v) is 35.4. The van der Waals surface area contributed by atoms with Gasteiger partial charge in [0.25, 0.3) is 11.8 Å². The first-order chi connectivity index (χ1) is 29.3. The number of aromatic nitrogens is 2. The minimum atomic E-state index is -4.56. The smallest absolute Gasteiger partial charge is 0.416 e. The maximum atomic E-state index is 14.7. The van der Waals surface area contributed by atoms with Crippen LogP contribution in [0.25, 0.3) is 33.5 Å². The highest BCUT2D eigenvalue weighted by Crippen LogP contribution is 2.46. The van der Waals surface area contributed by atoms with Gasteiger partial charge in [0.05, 0.1) is 17.4 Å². The largest absolute Gasteiger partial charge is 0.470 e. The molecule has 0 unspecified atom stereocenters. The molecule has 2 aromatic heterocycles. The van der Waals surface area contributed by atoms with Crippen LogP contribution in [-0.4, -0.2) is 82.4 Å². The maximum Gasteiger partial charge on any atom is 0.416 e. The number of ether oxygens (including phenoxy) is 1. The Morgan fingerprint density at radius 3 is 2.45 bits per heavy atom. The van der Waals surface area contributed by atoms with Crippen molar-refractivity contribution in [2.45, 2.75) is 120 Å². The predicted octanol–water partition coefficient (Wildman–Crippen LogP) is 6.33. The number of amides is 4. The number of hydrogen-bond acceptors (Lipinski definition) is 10. The van der Waals surface area contributed by atoms with Crippen LogP contribution in [0.3, 0.4) is 0 Å². The summed E-state index contributed by atoms with van der Waals surface area (Å²) in [6.07, 6.45) is 2.32. The van der Waals surface area contributed by atoms with Crippen LogP contribution < -0.4 is 20.1 Å². The normalized spacial score (nSPS) is 25.5. The molecule has 5 atom stereocenters. The highest BCUT2D eigenvalue weighted by atomic mass is 32.2. The first-order valence-electron chi connectivity index (χ1n) is 21.0. The van der Waals surface area contributed by atoms with Crippen molar-refractivity contribution < 1.29 is 49.9 Å². The molecule has 4 heterocycles. The van der Waals surface area contributed by atoms with Gasteiger partial charge in [-0.2, -0.15) is 18.2 Å². The van der Waals surface area contributed by atoms with Gasteiger partial charge in [0.2, 0.25) is 33.3 Å². The number of halogens is 3. The third kappa shape index (κ3) is 9.15. The number of carbonyl (C=O) groups is 4. The second-order valence-electron chi connectivity index (χ2n) is 18.1. The van der Waals surface area contributed by atoms with Crippen molar-refractivity contribution in [3.63, 3.8) is 0 Å². The van der Waals surface area contributed by atoms with Crippen molar-refractivity contribution in [2.75, 3.05) is 6.54 Å². The number of para-hydroxylation sites is 1. The summed E-state index contributed by atoms with van der Waals surface area (Å²) in [6.45, 7) is 5.55. The molecule has 8 rings (SSSR count). The van der Waals surface area contributed by atoms with Gasteiger partial charge in [0.15, 0.2) is 5.82 Å². The molecule has 0 spiro atoms. The van der Waals surface area contributed by atoms with E-state index in [1.54, 1.807) is 24.3 Å². The summed E-state index contributed by atoms with van der Waals surface area (Å²) in [5.74, 6) is -2.97. The number of nitrogens with one attached hydrogen (secondary N) is 3. The third-order valence-electron chi connectivity index (χ3n) is 11.8. The van der Waals surface area contributed by atoms with E-state index in [-0.39, 0.29) is 60.0 Å². The Balaban J connectivity index is 1.15. The van der Waals surface area contributed by atoms with Crippen LogP contribution in [0.5, 0.6) is 5.88 Å². The number of allylic oxidation sites excluding steroid dienone is 1. The van der Waals surface area contributed by atoms with Crippen molar-refractivity contribution in [1.29, 1.82) is 0 Å². The first kappa shape index (κ1) is 43.1. The quantitative estimate of drug-likeness (QED) is 0.169. The van der Waals surface area contributed by atoms with Crippen LogP contribution in [0.15, 0.2) is 65.1 Å². The molecule has 3 fully saturated rings. The fourth-order valence-corrected chi connectivity index (χ4v) is 9.68. The summed E-state index contributed by atoms with van der Waals surface area (Å²) >= 11 is 0. The van der Waals surface area contributed by atoms with Crippen molar-refractivity contribution in [3.8, 4) is 17.3 Å². The summed E-state index contributed by atoms with van der Waals surface area (Å²) in [7, 11) is -3.96. The lowest BCUT2D eigenvalue weighted by atomic mass is 9.91. The number of rotatable bonds is 8. The molecular weight excluding hydrogens is 830 g/mol. The lowest BCUT2D eigenvalue weighted by Crippen LogP contribution is -2.58. The van der Waals surface area contributed by atoms with E-state index in [1.807, 2.05) is 32.9 Å². The topological polar surface area (TPSA) is 190 Å². The molecule has 2 aromatic carbocycles. The van der Waals surface area contributed by atoms with Gasteiger partial charge in [-0.15, -0.1) is 0 Å². The Bertz CT molecular complexity index is 2550. The molecule has 4 amide bonds. The number of alkyl halides is 3. The Labute approximate surface area is 356 Å². The summed E-state index contributed by atoms with van der Waals surface area (Å²) in [5.41, 5.74) is -1.66. The Morgan fingerprint density at radius 2 is 1.74 bits per heavy atom. The maximum absolute atomic E-state index is 14.7. The highest BCUT2D eigenvalue weighted by molar-refractivity contribution is 7.91. The van der Waals surface area contributed by atoms with E-state index in [1.165, 1.54) is 17.0 Å². The van der Waals surface area contributed by atoms with Crippen molar-refractivity contribution in [2.24, 2.45) is 11.3 Å². The Morgan fingerprint density at radius 1 is 1.00 bits per heavy atom. The van der Waals surface area contributed by atoms with E-state index in [0.29, 0.717) is 48.6 Å². The van der Waals surface area contributed by atoms with Crippen LogP contribution in [0.1, 0.15) is 90.5 Å². The molecule has 0 bridgehead atoms. The molecule has 2 aliphatic carbocycles. The van der Waals surface area contributed by atoms with E-state index >= 15 is 0 Å². The van der Waals surface area contributed by atoms with Crippen LogP contribution in [0.2, 0.25) is 0 Å². The molecule has 0 radical (unpaired) electrons. The second kappa shape index (κ2) is 16.3. The average Bonchev–Trinajstić information content (AvgIpc) is 4.10. The summed E-state index contributed by atoms with van der Waals surface area (Å²) in [5, 5.41) is 5.67. The van der Waals surface area contributed by atoms with Gasteiger partial charge in [0, 0.05) is 29.7 Å². The summed E-state index contributed by atoms with van der Waals surface area (Å²) in [6, 6.07) is 9.12. The molecule has 62 heavy (non-hydrogen) atoms. The minimum Gasteiger partial charge on any atom is -0.470 e. The fourth-order valence-electron chi connectivity index (χ4n) is 8.32. The predicted molar refractivity (Wildman–Crippen MR) is 222 cm³/mol. The van der Waals surface area contributed by atoms with E-state index in [0.717, 1.165) is 25.0 Å². The molecule has 4 aromatic rings. The third-order valence-corrected chi connectivity index (χ3v) is 13.6. The van der Waals surface area contributed by atoms with Gasteiger partial charge >= 0.3 is 6.18 Å². The molecule has 4 aliphatic rings. The SMILES string of the molecule is CC(C)(C)CC(=O)N[C@H]1CCCCC/C=C\[C@H]2C[C@@]2(C(=O)NS(=O)(=O)C2CC2)NC(=O)[C@@H]2C[C@@H](Oc3nc(-c4ccc(C(F)(F)F)cc4)nc4c3oc3ccccc34)CN2C1=O. The molecule has 2 saturated carbocycles. The zero-order chi connectivity index (χ0) is 44.2. The number of carbonyl (C=O) groups excluding carboxylic acids is 4. The first-order valence-corrected chi connectivity index (χ1v) is 22.5. The monoisotopic (exact) mass is 878 g/mol. The molecule has 2 aliphatic heterocycles. The van der Waals surface area contributed by atoms with Crippen LogP contribution in [0.4, 0.5) is 13.2 Å². The van der Waals surface area contributed by atoms with Gasteiger partial charge in [0.1, 0.15) is 34.8 Å². The number of nitrogens with zero attached hydrogens (tertiary/aromatic N) is 3. The molecule has 3 N–H and O–H groups in total. The van der Waals surface area contributed by atoms with E-state index in [4.69, 9.17) is 9.15 Å². The van der Waals surface area contributed by atoms with Gasteiger partial charge in [-0.1, -0.05) is 70.0 Å². The van der Waals surface area contributed by atoms with Gasteiger partial charge in [-0.05, 0) is 68.2 Å². The Hall–Kier alpha value is -5.52. The van der Waals surface area contributed by atoms with Gasteiger partial charge < -0.3 is 24.7 Å². The Kier molecular flexibility index (Phi) is 11.3. The second-order valence-corrected chi connectivity index (χ2v) is 20.0. The van der Waals surface area contributed by atoms with Gasteiger partial charge in [-0.3, -0.25) is 23.9 Å². The zero-order valence-electron chi connectivity index (χ0n) is 34.6. The van der Waals surface area contributed by atoms with Gasteiger partial charge in [-0.25, -0.2) is 13.4 Å². The van der Waals surface area contributed by atoms with Crippen LogP contribution >= 0.6 is 0 Å². The van der Waals surface area contributed by atoms with Crippen molar-refractivity contribution >= 4 is 55.7 Å². The number of hydrogen-bond donors (Lipinski definition) is 3. The lowest BCUT2D eigenvalue weighted by molar-refractivity contribution is -0.142. The average molecular weight is 879 g/mol. The molecule has 14 nitrogen and oxygen atoms in total. The molecular formula is C44H49F3N6O8S. The standard InChI is InChI=1S/C44H49F3N6O8S/c1-42(2,3)23-34(54)48-31-13-8-6-4-5-7-11-27-22-43(27,41(57)52-62(58,59)29-19-20-29)51-38(55)32-21-28(24-53(32)40(31)56)60-39-36-35(30-12-9-10-14-33(30)61-36)49-37(50-39)25-15-17-26(18-16-25)44(45,46)47/h7,9-12,14-18,27-29,31-32H,4-6,8,13,19-24H2,1-3H3,(H,48,54)(H,51,55)(H,52,57)/b11-7-/t27-,28+,31-,32-,43+/m0/s1. The van der Waals surface area contributed by atoms with Crippen LogP contribution in [0, 0.1) is 11.3 Å².